The zero-order chi connectivity index (χ0) is 20.7. The second-order valence-corrected chi connectivity index (χ2v) is 6.91. The summed E-state index contributed by atoms with van der Waals surface area (Å²) >= 11 is 0. The van der Waals surface area contributed by atoms with Gasteiger partial charge in [-0.25, -0.2) is 13.8 Å². The molecule has 2 aromatic heterocycles. The Hall–Kier alpha value is -3.90. The molecule has 0 aliphatic carbocycles. The van der Waals surface area contributed by atoms with Crippen molar-refractivity contribution in [1.82, 2.24) is 9.03 Å². The topological polar surface area (TPSA) is 72.4 Å². The molecule has 0 amide bonds. The number of aromatic nitrogens is 2. The number of aliphatic hydroxyl groups excluding tert-OH is 1. The van der Waals surface area contributed by atoms with Crippen molar-refractivity contribution in [2.45, 2.75) is 0 Å². The van der Waals surface area contributed by atoms with Gasteiger partial charge in [-0.05, 0) is 18.2 Å². The first kappa shape index (κ1) is 18.1. The number of aliphatic hydroxyl groups is 1. The van der Waals surface area contributed by atoms with Crippen molar-refractivity contribution in [3.8, 4) is 11.3 Å². The van der Waals surface area contributed by atoms with Crippen LogP contribution in [0.15, 0.2) is 83.7 Å². The fourth-order valence-corrected chi connectivity index (χ4v) is 3.97. The third-order valence-corrected chi connectivity index (χ3v) is 5.18. The largest absolute Gasteiger partial charge is 0.460 e. The second kappa shape index (κ2) is 7.17. The Balaban J connectivity index is 2.07. The van der Waals surface area contributed by atoms with Crippen molar-refractivity contribution < 1.29 is 14.6 Å². The molecule has 0 saturated carbocycles. The lowest BCUT2D eigenvalue weighted by atomic mass is 10.0. The molecule has 30 heavy (non-hydrogen) atoms. The van der Waals surface area contributed by atoms with E-state index in [4.69, 9.17) is 9.84 Å². The molecule has 148 valence electrons. The average Bonchev–Trinajstić information content (AvgIpc) is 3.10. The van der Waals surface area contributed by atoms with Crippen LogP contribution in [0.25, 0.3) is 33.1 Å². The van der Waals surface area contributed by atoms with Gasteiger partial charge in [0, 0.05) is 10.9 Å². The zero-order valence-corrected chi connectivity index (χ0v) is 16.0. The van der Waals surface area contributed by atoms with Crippen LogP contribution in [0.2, 0.25) is 0 Å². The number of para-hydroxylation sites is 2. The summed E-state index contributed by atoms with van der Waals surface area (Å²) in [5, 5.41) is 10.3. The summed E-state index contributed by atoms with van der Waals surface area (Å²) in [6.45, 7) is -0.371. The fraction of sp³-hybridized carbons (Fsp3) is 0.0833. The SMILES string of the molecule is O=C(OCCO)c1c(-c2ccccc2)n2c3ccccc3c(=O)n2c2ccccc12. The summed E-state index contributed by atoms with van der Waals surface area (Å²) < 4.78 is 8.71. The highest BCUT2D eigenvalue weighted by Crippen LogP contribution is 2.32. The first-order valence-corrected chi connectivity index (χ1v) is 9.63. The highest BCUT2D eigenvalue weighted by molar-refractivity contribution is 6.09. The molecule has 0 spiro atoms. The van der Waals surface area contributed by atoms with Crippen LogP contribution in [0.5, 0.6) is 0 Å². The third-order valence-electron chi connectivity index (χ3n) is 5.18. The molecule has 6 nitrogen and oxygen atoms in total. The summed E-state index contributed by atoms with van der Waals surface area (Å²) in [4.78, 5) is 26.5. The minimum atomic E-state index is -0.549. The molecule has 5 aromatic rings. The van der Waals surface area contributed by atoms with E-state index >= 15 is 0 Å². The van der Waals surface area contributed by atoms with Crippen LogP contribution >= 0.6 is 0 Å². The molecular weight excluding hydrogens is 380 g/mol. The van der Waals surface area contributed by atoms with Gasteiger partial charge in [0.1, 0.15) is 6.61 Å². The predicted octanol–water partition coefficient (Wildman–Crippen LogP) is 3.52. The molecule has 0 radical (unpaired) electrons. The lowest BCUT2D eigenvalue weighted by Crippen LogP contribution is -2.19. The number of ether oxygens (including phenoxy) is 1. The van der Waals surface area contributed by atoms with E-state index in [2.05, 4.69) is 0 Å². The number of carbonyl (C=O) groups excluding carboxylic acids is 1. The van der Waals surface area contributed by atoms with Gasteiger partial charge in [-0.3, -0.25) is 4.79 Å². The van der Waals surface area contributed by atoms with Crippen LogP contribution in [0.1, 0.15) is 10.4 Å². The smallest absolute Gasteiger partial charge is 0.341 e. The first-order chi connectivity index (χ1) is 14.7. The van der Waals surface area contributed by atoms with Crippen molar-refractivity contribution in [3.05, 3.63) is 94.8 Å². The van der Waals surface area contributed by atoms with Crippen LogP contribution in [-0.2, 0) is 4.74 Å². The van der Waals surface area contributed by atoms with Gasteiger partial charge in [0.15, 0.2) is 0 Å². The summed E-state index contributed by atoms with van der Waals surface area (Å²) in [5.41, 5.74) is 2.84. The third kappa shape index (κ3) is 2.62. The van der Waals surface area contributed by atoms with E-state index in [-0.39, 0.29) is 18.8 Å². The molecule has 3 aromatic carbocycles. The van der Waals surface area contributed by atoms with E-state index < -0.39 is 5.97 Å². The lowest BCUT2D eigenvalue weighted by Gasteiger charge is -2.17. The molecule has 0 unspecified atom stereocenters. The summed E-state index contributed by atoms with van der Waals surface area (Å²) in [5.74, 6) is -0.549. The minimum absolute atomic E-state index is 0.105. The predicted molar refractivity (Wildman–Crippen MR) is 115 cm³/mol. The molecule has 6 heteroatoms. The van der Waals surface area contributed by atoms with E-state index in [0.717, 1.165) is 5.56 Å². The maximum atomic E-state index is 13.3. The Kier molecular flexibility index (Phi) is 4.34. The summed E-state index contributed by atoms with van der Waals surface area (Å²) in [7, 11) is 0. The Morgan fingerprint density at radius 1 is 0.800 bits per heavy atom. The molecule has 1 N–H and O–H groups in total. The Bertz CT molecular complexity index is 1470. The van der Waals surface area contributed by atoms with Crippen LogP contribution in [0, 0.1) is 0 Å². The van der Waals surface area contributed by atoms with Crippen molar-refractivity contribution >= 4 is 27.8 Å². The molecule has 0 bridgehead atoms. The Morgan fingerprint density at radius 2 is 1.40 bits per heavy atom. The molecular formula is C24H18N2O4. The highest BCUT2D eigenvalue weighted by Gasteiger charge is 2.25. The Labute approximate surface area is 171 Å². The summed E-state index contributed by atoms with van der Waals surface area (Å²) in [6, 6.07) is 24.1. The summed E-state index contributed by atoms with van der Waals surface area (Å²) in [6.07, 6.45) is 0. The number of nitrogens with zero attached hydrogens (tertiary/aromatic N) is 2. The van der Waals surface area contributed by atoms with Crippen LogP contribution in [0.4, 0.5) is 0 Å². The van der Waals surface area contributed by atoms with Gasteiger partial charge in [0.25, 0.3) is 5.56 Å². The van der Waals surface area contributed by atoms with Gasteiger partial charge < -0.3 is 9.84 Å². The molecule has 0 aliphatic rings. The van der Waals surface area contributed by atoms with E-state index in [0.29, 0.717) is 33.1 Å². The lowest BCUT2D eigenvalue weighted by molar-refractivity contribution is 0.0436. The maximum absolute atomic E-state index is 13.3. The number of benzene rings is 3. The Morgan fingerprint density at radius 3 is 2.10 bits per heavy atom. The van der Waals surface area contributed by atoms with Crippen molar-refractivity contribution in [1.29, 1.82) is 0 Å². The molecule has 0 saturated heterocycles. The van der Waals surface area contributed by atoms with E-state index in [1.165, 1.54) is 0 Å². The van der Waals surface area contributed by atoms with Crippen molar-refractivity contribution in [3.63, 3.8) is 0 Å². The van der Waals surface area contributed by atoms with Gasteiger partial charge in [-0.15, -0.1) is 0 Å². The minimum Gasteiger partial charge on any atom is -0.460 e. The van der Waals surface area contributed by atoms with E-state index in [1.54, 1.807) is 21.2 Å². The van der Waals surface area contributed by atoms with Gasteiger partial charge in [-0.1, -0.05) is 60.7 Å². The van der Waals surface area contributed by atoms with Crippen molar-refractivity contribution in [2.24, 2.45) is 0 Å². The second-order valence-electron chi connectivity index (χ2n) is 6.91. The number of fused-ring (bicyclic) bond motifs is 5. The van der Waals surface area contributed by atoms with Crippen molar-refractivity contribution in [2.75, 3.05) is 13.2 Å². The van der Waals surface area contributed by atoms with Gasteiger partial charge in [0.2, 0.25) is 0 Å². The monoisotopic (exact) mass is 398 g/mol. The number of carbonyl (C=O) groups is 1. The molecule has 0 atom stereocenters. The van der Waals surface area contributed by atoms with Crippen LogP contribution < -0.4 is 5.56 Å². The van der Waals surface area contributed by atoms with Gasteiger partial charge in [-0.2, -0.15) is 0 Å². The average molecular weight is 398 g/mol. The molecule has 5 rings (SSSR count). The fourth-order valence-electron chi connectivity index (χ4n) is 3.97. The number of hydrogen-bond donors (Lipinski definition) is 1. The van der Waals surface area contributed by atoms with Gasteiger partial charge >= 0.3 is 5.97 Å². The quantitative estimate of drug-likeness (QED) is 0.470. The zero-order valence-electron chi connectivity index (χ0n) is 16.0. The number of hydrogen-bond acceptors (Lipinski definition) is 4. The molecule has 0 aliphatic heterocycles. The standard InChI is InChI=1S/C24H18N2O4/c27-14-15-30-24(29)21-17-10-4-6-12-19(17)26-23(28)18-11-5-7-13-20(18)25(26)22(21)16-8-2-1-3-9-16/h1-13,27H,14-15H2. The van der Waals surface area contributed by atoms with Crippen LogP contribution in [0.3, 0.4) is 0 Å². The molecule has 0 fully saturated rings. The van der Waals surface area contributed by atoms with Crippen LogP contribution in [-0.4, -0.2) is 33.3 Å². The van der Waals surface area contributed by atoms with Gasteiger partial charge in [0.05, 0.1) is 34.3 Å². The molecule has 2 heterocycles. The normalized spacial score (nSPS) is 11.4. The highest BCUT2D eigenvalue weighted by atomic mass is 16.5. The first-order valence-electron chi connectivity index (χ1n) is 9.63. The number of esters is 1. The van der Waals surface area contributed by atoms with E-state index in [1.807, 2.05) is 66.7 Å². The number of rotatable bonds is 4. The van der Waals surface area contributed by atoms with E-state index in [9.17, 15) is 9.59 Å². The maximum Gasteiger partial charge on any atom is 0.341 e.